The number of hydrogen-bond donors (Lipinski definition) is 1. The molecule has 0 aliphatic heterocycles. The van der Waals surface area contributed by atoms with Gasteiger partial charge in [-0.05, 0) is 46.2 Å². The van der Waals surface area contributed by atoms with E-state index in [1.54, 1.807) is 0 Å². The van der Waals surface area contributed by atoms with E-state index in [1.807, 2.05) is 14.1 Å². The van der Waals surface area contributed by atoms with Gasteiger partial charge in [0.05, 0.1) is 0 Å². The zero-order valence-corrected chi connectivity index (χ0v) is 17.5. The van der Waals surface area contributed by atoms with E-state index in [-0.39, 0.29) is 10.8 Å². The molecule has 0 amide bonds. The zero-order valence-electron chi connectivity index (χ0n) is 17.5. The largest absolute Gasteiger partial charge is 0.326 e. The third kappa shape index (κ3) is 4.87. The highest BCUT2D eigenvalue weighted by atomic mass is 15.3. The Morgan fingerprint density at radius 2 is 1.19 bits per heavy atom. The van der Waals surface area contributed by atoms with Crippen LogP contribution in [0.4, 0.5) is 11.4 Å². The Labute approximate surface area is 159 Å². The first-order valence-electron chi connectivity index (χ1n) is 9.21. The lowest BCUT2D eigenvalue weighted by atomic mass is 9.87. The van der Waals surface area contributed by atoms with Crippen LogP contribution >= 0.6 is 0 Å². The van der Waals surface area contributed by atoms with Crippen LogP contribution in [0.3, 0.4) is 0 Å². The van der Waals surface area contributed by atoms with Crippen molar-refractivity contribution in [3.8, 4) is 0 Å². The molecule has 0 saturated carbocycles. The molecule has 2 aromatic rings. The molecule has 2 rings (SSSR count). The van der Waals surface area contributed by atoms with Crippen LogP contribution in [0.25, 0.3) is 0 Å². The minimum Gasteiger partial charge on any atom is -0.326 e. The highest BCUT2D eigenvalue weighted by molar-refractivity contribution is 6.05. The van der Waals surface area contributed by atoms with Crippen molar-refractivity contribution in [2.24, 2.45) is 4.99 Å². The molecule has 0 unspecified atom stereocenters. The molecule has 0 radical (unpaired) electrons. The summed E-state index contributed by atoms with van der Waals surface area (Å²) < 4.78 is 0. The Balaban J connectivity index is 2.15. The fourth-order valence-corrected chi connectivity index (χ4v) is 2.78. The summed E-state index contributed by atoms with van der Waals surface area (Å²) in [6.07, 6.45) is 0. The number of nitrogens with zero attached hydrogens (tertiary/aromatic N) is 2. The highest BCUT2D eigenvalue weighted by Gasteiger charge is 2.16. The summed E-state index contributed by atoms with van der Waals surface area (Å²) in [4.78, 5) is 6.51. The minimum atomic E-state index is 0.159. The predicted molar refractivity (Wildman–Crippen MR) is 116 cm³/mol. The van der Waals surface area contributed by atoms with Gasteiger partial charge >= 0.3 is 0 Å². The van der Waals surface area contributed by atoms with E-state index in [0.29, 0.717) is 0 Å². The second-order valence-electron chi connectivity index (χ2n) is 8.86. The summed E-state index contributed by atoms with van der Waals surface area (Å²) in [7, 11) is 3.84. The summed E-state index contributed by atoms with van der Waals surface area (Å²) in [5.41, 5.74) is 5.12. The smallest absolute Gasteiger partial charge is 0.202 e. The molecule has 0 aromatic heterocycles. The zero-order chi connectivity index (χ0) is 19.5. The lowest BCUT2D eigenvalue weighted by Crippen LogP contribution is -2.33. The standard InChI is InChI=1S/C23H33N3/c1-22(2,3)17-9-13-19(14-10-17)25-21(24-7)26(8)20-15-11-18(12-16-20)23(4,5)6/h9-16H,1-8H3,(H,24,25). The Bertz CT molecular complexity index is 742. The summed E-state index contributed by atoms with van der Waals surface area (Å²) in [6, 6.07) is 17.3. The summed E-state index contributed by atoms with van der Waals surface area (Å²) >= 11 is 0. The van der Waals surface area contributed by atoms with Crippen molar-refractivity contribution in [1.29, 1.82) is 0 Å². The number of aliphatic imine (C=N–C) groups is 1. The van der Waals surface area contributed by atoms with Crippen molar-refractivity contribution in [2.75, 3.05) is 24.3 Å². The summed E-state index contributed by atoms with van der Waals surface area (Å²) in [6.45, 7) is 13.4. The van der Waals surface area contributed by atoms with Crippen LogP contribution in [0.5, 0.6) is 0 Å². The average molecular weight is 352 g/mol. The minimum absolute atomic E-state index is 0.159. The van der Waals surface area contributed by atoms with Crippen molar-refractivity contribution >= 4 is 17.3 Å². The van der Waals surface area contributed by atoms with Crippen LogP contribution in [0, 0.1) is 0 Å². The third-order valence-electron chi connectivity index (χ3n) is 4.66. The maximum atomic E-state index is 4.43. The molecule has 0 spiro atoms. The van der Waals surface area contributed by atoms with Gasteiger partial charge < -0.3 is 10.2 Å². The quantitative estimate of drug-likeness (QED) is 0.545. The maximum absolute atomic E-state index is 4.43. The van der Waals surface area contributed by atoms with Crippen LogP contribution in [-0.4, -0.2) is 20.1 Å². The predicted octanol–water partition coefficient (Wildman–Crippen LogP) is 5.82. The van der Waals surface area contributed by atoms with Crippen molar-refractivity contribution in [3.05, 3.63) is 59.7 Å². The summed E-state index contributed by atoms with van der Waals surface area (Å²) in [5, 5.41) is 3.43. The van der Waals surface area contributed by atoms with Crippen LogP contribution in [-0.2, 0) is 10.8 Å². The van der Waals surface area contributed by atoms with Crippen LogP contribution < -0.4 is 10.2 Å². The molecule has 140 valence electrons. The van der Waals surface area contributed by atoms with Crippen molar-refractivity contribution in [3.63, 3.8) is 0 Å². The molecular weight excluding hydrogens is 318 g/mol. The van der Waals surface area contributed by atoms with Gasteiger partial charge in [-0.3, -0.25) is 4.99 Å². The molecule has 0 fully saturated rings. The average Bonchev–Trinajstić information content (AvgIpc) is 2.58. The van der Waals surface area contributed by atoms with Crippen molar-refractivity contribution < 1.29 is 0 Å². The molecular formula is C23H33N3. The van der Waals surface area contributed by atoms with Gasteiger partial charge in [0.2, 0.25) is 5.96 Å². The first-order valence-corrected chi connectivity index (χ1v) is 9.21. The number of guanidine groups is 1. The number of nitrogens with one attached hydrogen (secondary N) is 1. The molecule has 0 heterocycles. The van der Waals surface area contributed by atoms with E-state index in [2.05, 4.69) is 105 Å². The molecule has 0 aliphatic rings. The molecule has 1 N–H and O–H groups in total. The molecule has 26 heavy (non-hydrogen) atoms. The number of anilines is 2. The summed E-state index contributed by atoms with van der Waals surface area (Å²) in [5.74, 6) is 0.817. The van der Waals surface area contributed by atoms with Gasteiger partial charge in [-0.2, -0.15) is 0 Å². The van der Waals surface area contributed by atoms with Crippen LogP contribution in [0.2, 0.25) is 0 Å². The molecule has 3 nitrogen and oxygen atoms in total. The Kier molecular flexibility index (Phi) is 5.80. The van der Waals surface area contributed by atoms with E-state index in [1.165, 1.54) is 11.1 Å². The maximum Gasteiger partial charge on any atom is 0.202 e. The van der Waals surface area contributed by atoms with Gasteiger partial charge in [-0.15, -0.1) is 0 Å². The molecule has 2 aromatic carbocycles. The third-order valence-corrected chi connectivity index (χ3v) is 4.66. The number of benzene rings is 2. The fraction of sp³-hybridized carbons (Fsp3) is 0.435. The first-order chi connectivity index (χ1) is 12.0. The van der Waals surface area contributed by atoms with E-state index in [4.69, 9.17) is 0 Å². The monoisotopic (exact) mass is 351 g/mol. The van der Waals surface area contributed by atoms with Gasteiger partial charge in [0, 0.05) is 25.5 Å². The van der Waals surface area contributed by atoms with Crippen molar-refractivity contribution in [2.45, 2.75) is 52.4 Å². The van der Waals surface area contributed by atoms with E-state index < -0.39 is 0 Å². The highest BCUT2D eigenvalue weighted by Crippen LogP contribution is 2.26. The fourth-order valence-electron chi connectivity index (χ4n) is 2.78. The van der Waals surface area contributed by atoms with Crippen molar-refractivity contribution in [1.82, 2.24) is 0 Å². The molecule has 0 atom stereocenters. The number of hydrogen-bond acceptors (Lipinski definition) is 1. The lowest BCUT2D eigenvalue weighted by Gasteiger charge is -2.25. The van der Waals surface area contributed by atoms with E-state index >= 15 is 0 Å². The second-order valence-corrected chi connectivity index (χ2v) is 8.86. The van der Waals surface area contributed by atoms with Gasteiger partial charge in [0.1, 0.15) is 0 Å². The topological polar surface area (TPSA) is 27.6 Å². The number of rotatable bonds is 2. The SMILES string of the molecule is CN=C(Nc1ccc(C(C)(C)C)cc1)N(C)c1ccc(C(C)(C)C)cc1. The Hall–Kier alpha value is -2.29. The first kappa shape index (κ1) is 20.0. The van der Waals surface area contributed by atoms with Gasteiger partial charge in [0.25, 0.3) is 0 Å². The van der Waals surface area contributed by atoms with Gasteiger partial charge in [-0.25, -0.2) is 0 Å². The Morgan fingerprint density at radius 3 is 1.58 bits per heavy atom. The van der Waals surface area contributed by atoms with E-state index in [0.717, 1.165) is 17.3 Å². The van der Waals surface area contributed by atoms with Crippen LogP contribution in [0.1, 0.15) is 52.7 Å². The second kappa shape index (κ2) is 7.53. The molecule has 0 bridgehead atoms. The van der Waals surface area contributed by atoms with E-state index in [9.17, 15) is 0 Å². The van der Waals surface area contributed by atoms with Gasteiger partial charge in [-0.1, -0.05) is 65.8 Å². The Morgan fingerprint density at radius 1 is 0.769 bits per heavy atom. The van der Waals surface area contributed by atoms with Crippen LogP contribution in [0.15, 0.2) is 53.5 Å². The molecule has 0 saturated heterocycles. The normalized spacial score (nSPS) is 12.8. The molecule has 3 heteroatoms. The lowest BCUT2D eigenvalue weighted by molar-refractivity contribution is 0.590. The van der Waals surface area contributed by atoms with Gasteiger partial charge in [0.15, 0.2) is 0 Å². The molecule has 0 aliphatic carbocycles.